The monoisotopic (exact) mass is 486 g/mol. The highest BCUT2D eigenvalue weighted by Crippen LogP contribution is 2.77. The lowest BCUT2D eigenvalue weighted by molar-refractivity contribution is -0.250. The Morgan fingerprint density at radius 3 is 2.23 bits per heavy atom. The fourth-order valence-electron chi connectivity index (χ4n) is 12.2. The van der Waals surface area contributed by atoms with Crippen LogP contribution in [0.5, 0.6) is 0 Å². The van der Waals surface area contributed by atoms with Gasteiger partial charge >= 0.3 is 5.97 Å². The molecule has 11 atom stereocenters. The topological polar surface area (TPSA) is 46.5 Å². The van der Waals surface area contributed by atoms with E-state index in [-0.39, 0.29) is 17.5 Å². The Balaban J connectivity index is 1.49. The van der Waals surface area contributed by atoms with Gasteiger partial charge in [-0.25, -0.2) is 0 Å². The van der Waals surface area contributed by atoms with Gasteiger partial charge in [-0.15, -0.1) is 0 Å². The average Bonchev–Trinajstić information content (AvgIpc) is 3.13. The summed E-state index contributed by atoms with van der Waals surface area (Å²) in [5.74, 6) is 3.96. The van der Waals surface area contributed by atoms with Crippen molar-refractivity contribution in [1.29, 1.82) is 0 Å². The number of carbonyl (C=O) groups excluding carboxylic acids is 1. The Morgan fingerprint density at radius 1 is 0.857 bits per heavy atom. The maximum atomic E-state index is 11.9. The first kappa shape index (κ1) is 26.1. The van der Waals surface area contributed by atoms with Crippen LogP contribution in [0.15, 0.2) is 0 Å². The minimum atomic E-state index is -0.117. The molecule has 0 aromatic heterocycles. The highest BCUT2D eigenvalue weighted by Gasteiger charge is 2.70. The van der Waals surface area contributed by atoms with Crippen molar-refractivity contribution in [3.8, 4) is 0 Å². The van der Waals surface area contributed by atoms with Crippen LogP contribution in [0.2, 0.25) is 0 Å². The minimum absolute atomic E-state index is 0.0377. The molecule has 0 bridgehead atoms. The first-order valence-corrected chi connectivity index (χ1v) is 15.0. The zero-order valence-corrected chi connectivity index (χ0v) is 24.1. The highest BCUT2D eigenvalue weighted by molar-refractivity contribution is 5.66. The van der Waals surface area contributed by atoms with Crippen LogP contribution in [0.1, 0.15) is 120 Å². The molecule has 5 fully saturated rings. The molecule has 5 saturated carbocycles. The maximum absolute atomic E-state index is 11.9. The van der Waals surface area contributed by atoms with Crippen LogP contribution in [0.25, 0.3) is 0 Å². The van der Waals surface area contributed by atoms with Crippen molar-refractivity contribution in [2.75, 3.05) is 6.61 Å². The Morgan fingerprint density at radius 2 is 1.57 bits per heavy atom. The van der Waals surface area contributed by atoms with Crippen molar-refractivity contribution >= 4 is 5.97 Å². The van der Waals surface area contributed by atoms with Crippen LogP contribution >= 0.6 is 0 Å². The Hall–Kier alpha value is -0.570. The molecule has 3 heteroatoms. The van der Waals surface area contributed by atoms with Crippen molar-refractivity contribution in [1.82, 2.24) is 0 Å². The molecule has 0 spiro atoms. The Labute approximate surface area is 215 Å². The summed E-state index contributed by atoms with van der Waals surface area (Å²) in [5.41, 5.74) is 1.61. The van der Waals surface area contributed by atoms with Crippen LogP contribution in [-0.4, -0.2) is 23.8 Å². The Bertz CT molecular complexity index is 850. The molecule has 0 aliphatic heterocycles. The van der Waals surface area contributed by atoms with Crippen molar-refractivity contribution < 1.29 is 14.6 Å². The number of hydrogen-bond acceptors (Lipinski definition) is 3. The predicted octanol–water partition coefficient (Wildman–Crippen LogP) is 7.65. The van der Waals surface area contributed by atoms with Crippen LogP contribution in [0.4, 0.5) is 0 Å². The van der Waals surface area contributed by atoms with E-state index in [1.807, 2.05) is 0 Å². The summed E-state index contributed by atoms with van der Waals surface area (Å²) in [6, 6.07) is 0. The lowest BCUT2D eigenvalue weighted by Gasteiger charge is -2.73. The second-order valence-corrected chi connectivity index (χ2v) is 15.7. The SMILES string of the molecule is CC(=O)O[C@H]1CC[C@]2(C)[C@H]3CC[C@@H]4[C@H]5[C@H]([C@@H](C)CO)CC[C@]5(C)CC[C@@]4(C)[C@]3(C)CC[C@H]2C1(C)C. The van der Waals surface area contributed by atoms with Gasteiger partial charge in [-0.1, -0.05) is 48.5 Å². The molecule has 5 aliphatic carbocycles. The maximum Gasteiger partial charge on any atom is 0.302 e. The van der Waals surface area contributed by atoms with E-state index >= 15 is 0 Å². The molecule has 0 heterocycles. The fraction of sp³-hybridized carbons (Fsp3) is 0.969. The zero-order valence-electron chi connectivity index (χ0n) is 24.1. The van der Waals surface area contributed by atoms with Crippen molar-refractivity contribution in [2.24, 2.45) is 62.6 Å². The van der Waals surface area contributed by atoms with Crippen molar-refractivity contribution in [3.63, 3.8) is 0 Å². The molecule has 200 valence electrons. The van der Waals surface area contributed by atoms with E-state index in [1.54, 1.807) is 6.92 Å². The van der Waals surface area contributed by atoms with Gasteiger partial charge in [0.25, 0.3) is 0 Å². The number of hydrogen-bond donors (Lipinski definition) is 1. The van der Waals surface area contributed by atoms with Gasteiger partial charge in [-0.3, -0.25) is 4.79 Å². The highest BCUT2D eigenvalue weighted by atomic mass is 16.5. The quantitative estimate of drug-likeness (QED) is 0.417. The summed E-state index contributed by atoms with van der Waals surface area (Å²) >= 11 is 0. The third-order valence-electron chi connectivity index (χ3n) is 14.2. The van der Waals surface area contributed by atoms with E-state index in [4.69, 9.17) is 4.74 Å². The summed E-state index contributed by atoms with van der Waals surface area (Å²) in [6.07, 6.45) is 13.1. The van der Waals surface area contributed by atoms with E-state index in [1.165, 1.54) is 57.8 Å². The zero-order chi connectivity index (χ0) is 25.6. The molecule has 0 aromatic carbocycles. The number of carbonyl (C=O) groups is 1. The van der Waals surface area contributed by atoms with E-state index < -0.39 is 0 Å². The van der Waals surface area contributed by atoms with Crippen LogP contribution in [0.3, 0.4) is 0 Å². The lowest BCUT2D eigenvalue weighted by Crippen LogP contribution is -2.66. The van der Waals surface area contributed by atoms with Crippen LogP contribution < -0.4 is 0 Å². The normalized spacial score (nSPS) is 53.5. The number of fused-ring (bicyclic) bond motifs is 7. The number of rotatable bonds is 3. The molecule has 0 unspecified atom stereocenters. The Kier molecular flexibility index (Phi) is 6.11. The average molecular weight is 487 g/mol. The molecule has 5 aliphatic rings. The number of aliphatic hydroxyl groups excluding tert-OH is 1. The molecule has 0 saturated heterocycles. The van der Waals surface area contributed by atoms with Crippen molar-refractivity contribution in [3.05, 3.63) is 0 Å². The standard InChI is InChI=1S/C32H54O3/c1-20(19-33)22-11-14-29(5)17-18-31(7)23(27(22)29)9-10-25-30(6)15-13-26(35-21(2)34)28(3,4)24(30)12-16-32(25,31)8/h20,22-27,33H,9-19H2,1-8H3/t20-,22-,23+,24-,25+,26-,27+,29+,30-,31+,32+/m0/s1. The summed E-state index contributed by atoms with van der Waals surface area (Å²) in [5, 5.41) is 10.1. The fourth-order valence-corrected chi connectivity index (χ4v) is 12.2. The summed E-state index contributed by atoms with van der Waals surface area (Å²) in [4.78, 5) is 11.9. The van der Waals surface area contributed by atoms with Crippen molar-refractivity contribution in [2.45, 2.75) is 126 Å². The van der Waals surface area contributed by atoms with E-state index in [9.17, 15) is 9.90 Å². The molecule has 3 nitrogen and oxygen atoms in total. The summed E-state index contributed by atoms with van der Waals surface area (Å²) in [6.45, 7) is 19.7. The number of ether oxygens (including phenoxy) is 1. The first-order chi connectivity index (χ1) is 16.2. The van der Waals surface area contributed by atoms with Crippen LogP contribution in [0, 0.1) is 62.6 Å². The third-order valence-corrected chi connectivity index (χ3v) is 14.2. The molecule has 1 N–H and O–H groups in total. The van der Waals surface area contributed by atoms with Gasteiger partial charge in [-0.05, 0) is 121 Å². The largest absolute Gasteiger partial charge is 0.462 e. The van der Waals surface area contributed by atoms with Gasteiger partial charge in [0.05, 0.1) is 0 Å². The smallest absolute Gasteiger partial charge is 0.302 e. The molecule has 35 heavy (non-hydrogen) atoms. The van der Waals surface area contributed by atoms with E-state index in [2.05, 4.69) is 48.5 Å². The van der Waals surface area contributed by atoms with Gasteiger partial charge in [0.15, 0.2) is 0 Å². The minimum Gasteiger partial charge on any atom is -0.462 e. The van der Waals surface area contributed by atoms with Crippen LogP contribution in [-0.2, 0) is 9.53 Å². The van der Waals surface area contributed by atoms with E-state index in [0.717, 1.165) is 24.2 Å². The van der Waals surface area contributed by atoms with Gasteiger partial charge in [0, 0.05) is 18.9 Å². The molecule has 0 radical (unpaired) electrons. The van der Waals surface area contributed by atoms with Gasteiger partial charge in [0.1, 0.15) is 6.10 Å². The molecular weight excluding hydrogens is 432 g/mol. The number of esters is 1. The molecule has 0 aromatic rings. The number of aliphatic hydroxyl groups is 1. The second-order valence-electron chi connectivity index (χ2n) is 15.7. The second kappa shape index (κ2) is 8.21. The molecular formula is C32H54O3. The lowest BCUT2D eigenvalue weighted by atomic mass is 9.32. The summed E-state index contributed by atoms with van der Waals surface area (Å²) < 4.78 is 5.91. The van der Waals surface area contributed by atoms with Gasteiger partial charge < -0.3 is 9.84 Å². The van der Waals surface area contributed by atoms with E-state index in [0.29, 0.717) is 46.0 Å². The van der Waals surface area contributed by atoms with Gasteiger partial charge in [-0.2, -0.15) is 0 Å². The first-order valence-electron chi connectivity index (χ1n) is 15.0. The van der Waals surface area contributed by atoms with Gasteiger partial charge in [0.2, 0.25) is 0 Å². The third kappa shape index (κ3) is 3.41. The summed E-state index contributed by atoms with van der Waals surface area (Å²) in [7, 11) is 0. The molecule has 0 amide bonds. The molecule has 5 rings (SSSR count). The predicted molar refractivity (Wildman–Crippen MR) is 142 cm³/mol.